The average molecular weight is 365 g/mol. The minimum absolute atomic E-state index is 0.239. The normalized spacial score (nSPS) is 17.0. The highest BCUT2D eigenvalue weighted by atomic mass is 16.2. The predicted octanol–water partition coefficient (Wildman–Crippen LogP) is 1.89. The van der Waals surface area contributed by atoms with Crippen molar-refractivity contribution in [2.24, 2.45) is 0 Å². The van der Waals surface area contributed by atoms with Crippen LogP contribution in [0.3, 0.4) is 0 Å². The van der Waals surface area contributed by atoms with Crippen LogP contribution >= 0.6 is 0 Å². The van der Waals surface area contributed by atoms with Gasteiger partial charge in [-0.2, -0.15) is 10.2 Å². The van der Waals surface area contributed by atoms with E-state index in [1.165, 1.54) is 5.56 Å². The van der Waals surface area contributed by atoms with Gasteiger partial charge >= 0.3 is 0 Å². The summed E-state index contributed by atoms with van der Waals surface area (Å²) in [6, 6.07) is 7.85. The molecule has 1 aliphatic rings. The monoisotopic (exact) mass is 365 g/mol. The Kier molecular flexibility index (Phi) is 5.24. The lowest BCUT2D eigenvalue weighted by molar-refractivity contribution is 0.102. The summed E-state index contributed by atoms with van der Waals surface area (Å²) >= 11 is 0. The first-order valence-corrected chi connectivity index (χ1v) is 9.27. The maximum Gasteiger partial charge on any atom is 0.277 e. The molecule has 0 bridgehead atoms. The highest BCUT2D eigenvalue weighted by Crippen LogP contribution is 2.16. The van der Waals surface area contributed by atoms with Gasteiger partial charge in [-0.05, 0) is 49.6 Å². The number of aromatic nitrogens is 5. The van der Waals surface area contributed by atoms with Crippen LogP contribution in [0, 0.1) is 0 Å². The van der Waals surface area contributed by atoms with Crippen molar-refractivity contribution in [2.75, 3.05) is 18.4 Å². The zero-order chi connectivity index (χ0) is 18.5. The van der Waals surface area contributed by atoms with Crippen molar-refractivity contribution in [3.8, 4) is 0 Å². The molecule has 4 rings (SSSR count). The first-order chi connectivity index (χ1) is 13.3. The quantitative estimate of drug-likeness (QED) is 0.696. The summed E-state index contributed by atoms with van der Waals surface area (Å²) in [7, 11) is 0. The molecular formula is C19H23N7O. The van der Waals surface area contributed by atoms with E-state index in [1.807, 2.05) is 33.9 Å². The Morgan fingerprint density at radius 2 is 2.07 bits per heavy atom. The van der Waals surface area contributed by atoms with E-state index in [1.54, 1.807) is 24.5 Å². The summed E-state index contributed by atoms with van der Waals surface area (Å²) in [6.07, 6.45) is 10.4. The fraction of sp³-hybridized carbons (Fsp3) is 0.368. The van der Waals surface area contributed by atoms with Gasteiger partial charge in [0.05, 0.1) is 6.04 Å². The second kappa shape index (κ2) is 8.13. The molecule has 1 aliphatic heterocycles. The van der Waals surface area contributed by atoms with E-state index in [9.17, 15) is 4.79 Å². The van der Waals surface area contributed by atoms with Crippen LogP contribution in [0.25, 0.3) is 0 Å². The van der Waals surface area contributed by atoms with Crippen molar-refractivity contribution in [3.05, 3.63) is 60.3 Å². The third-order valence-corrected chi connectivity index (χ3v) is 4.75. The van der Waals surface area contributed by atoms with Gasteiger partial charge in [0.15, 0.2) is 11.5 Å². The standard InChI is InChI=1S/C19H23N7O/c27-19(17-6-13-26(23-17)16-2-1-8-21-14-16)22-18-7-12-25(24-18)11-5-15-3-9-20-10-4-15/h3-4,6-7,9-10,12-13,16,21H,1-2,5,8,11,14H2,(H,22,24,27). The number of nitrogens with one attached hydrogen (secondary N) is 2. The van der Waals surface area contributed by atoms with Crippen LogP contribution in [0.1, 0.15) is 34.9 Å². The number of pyridine rings is 1. The van der Waals surface area contributed by atoms with Gasteiger partial charge in [-0.1, -0.05) is 0 Å². The number of hydrogen-bond acceptors (Lipinski definition) is 5. The van der Waals surface area contributed by atoms with Crippen LogP contribution in [-0.2, 0) is 13.0 Å². The highest BCUT2D eigenvalue weighted by Gasteiger charge is 2.18. The zero-order valence-electron chi connectivity index (χ0n) is 15.1. The van der Waals surface area contributed by atoms with Crippen LogP contribution in [-0.4, -0.2) is 43.5 Å². The van der Waals surface area contributed by atoms with Gasteiger partial charge in [-0.3, -0.25) is 19.1 Å². The van der Waals surface area contributed by atoms with Gasteiger partial charge in [0.2, 0.25) is 0 Å². The maximum atomic E-state index is 12.4. The van der Waals surface area contributed by atoms with Gasteiger partial charge < -0.3 is 10.6 Å². The Hall–Kier alpha value is -3.00. The van der Waals surface area contributed by atoms with Crippen molar-refractivity contribution < 1.29 is 4.79 Å². The lowest BCUT2D eigenvalue weighted by Crippen LogP contribution is -2.32. The fourth-order valence-electron chi connectivity index (χ4n) is 3.25. The molecule has 0 saturated carbocycles. The largest absolute Gasteiger partial charge is 0.315 e. The number of amides is 1. The van der Waals surface area contributed by atoms with E-state index in [0.29, 0.717) is 17.6 Å². The molecular weight excluding hydrogens is 342 g/mol. The first-order valence-electron chi connectivity index (χ1n) is 9.27. The Balaban J connectivity index is 1.33. The molecule has 0 spiro atoms. The molecule has 8 nitrogen and oxygen atoms in total. The number of rotatable bonds is 6. The Bertz CT molecular complexity index is 880. The number of anilines is 1. The van der Waals surface area contributed by atoms with Gasteiger partial charge in [0.25, 0.3) is 5.91 Å². The first kappa shape index (κ1) is 17.4. The van der Waals surface area contributed by atoms with Gasteiger partial charge in [-0.25, -0.2) is 0 Å². The molecule has 27 heavy (non-hydrogen) atoms. The number of piperidine rings is 1. The lowest BCUT2D eigenvalue weighted by atomic mass is 10.1. The van der Waals surface area contributed by atoms with Gasteiger partial charge in [-0.15, -0.1) is 0 Å². The van der Waals surface area contributed by atoms with Crippen LogP contribution < -0.4 is 10.6 Å². The molecule has 1 atom stereocenters. The topological polar surface area (TPSA) is 89.7 Å². The Labute approximate surface area is 157 Å². The maximum absolute atomic E-state index is 12.4. The lowest BCUT2D eigenvalue weighted by Gasteiger charge is -2.22. The van der Waals surface area contributed by atoms with Crippen molar-refractivity contribution in [2.45, 2.75) is 31.8 Å². The van der Waals surface area contributed by atoms with Crippen molar-refractivity contribution >= 4 is 11.7 Å². The predicted molar refractivity (Wildman–Crippen MR) is 101 cm³/mol. The molecule has 140 valence electrons. The SMILES string of the molecule is O=C(Nc1ccn(CCc2ccncc2)n1)c1ccn(C2CCCNC2)n1. The summed E-state index contributed by atoms with van der Waals surface area (Å²) in [4.78, 5) is 16.5. The minimum atomic E-state index is -0.239. The fourth-order valence-corrected chi connectivity index (χ4v) is 3.25. The molecule has 3 aromatic rings. The van der Waals surface area contributed by atoms with Crippen molar-refractivity contribution in [3.63, 3.8) is 0 Å². The van der Waals surface area contributed by atoms with Crippen LogP contribution in [0.5, 0.6) is 0 Å². The van der Waals surface area contributed by atoms with Gasteiger partial charge in [0.1, 0.15) is 0 Å². The molecule has 0 aromatic carbocycles. The molecule has 1 unspecified atom stereocenters. The Morgan fingerprint density at radius 1 is 1.19 bits per heavy atom. The number of carbonyl (C=O) groups excluding carboxylic acids is 1. The van der Waals surface area contributed by atoms with Crippen LogP contribution in [0.2, 0.25) is 0 Å². The van der Waals surface area contributed by atoms with E-state index >= 15 is 0 Å². The van der Waals surface area contributed by atoms with Crippen LogP contribution in [0.4, 0.5) is 5.82 Å². The zero-order valence-corrected chi connectivity index (χ0v) is 15.1. The summed E-state index contributed by atoms with van der Waals surface area (Å²) < 4.78 is 3.71. The smallest absolute Gasteiger partial charge is 0.277 e. The molecule has 2 N–H and O–H groups in total. The van der Waals surface area contributed by atoms with E-state index in [2.05, 4.69) is 25.8 Å². The minimum Gasteiger partial charge on any atom is -0.315 e. The average Bonchev–Trinajstić information content (AvgIpc) is 3.38. The summed E-state index contributed by atoms with van der Waals surface area (Å²) in [5.74, 6) is 0.292. The summed E-state index contributed by atoms with van der Waals surface area (Å²) in [5, 5.41) is 15.0. The summed E-state index contributed by atoms with van der Waals surface area (Å²) in [6.45, 7) is 2.68. The molecule has 4 heterocycles. The van der Waals surface area contributed by atoms with E-state index in [-0.39, 0.29) is 5.91 Å². The van der Waals surface area contributed by atoms with Crippen molar-refractivity contribution in [1.29, 1.82) is 0 Å². The van der Waals surface area contributed by atoms with E-state index < -0.39 is 0 Å². The number of carbonyl (C=O) groups is 1. The molecule has 8 heteroatoms. The molecule has 1 fully saturated rings. The number of aryl methyl sites for hydroxylation is 2. The third-order valence-electron chi connectivity index (χ3n) is 4.75. The molecule has 3 aromatic heterocycles. The Morgan fingerprint density at radius 3 is 2.89 bits per heavy atom. The van der Waals surface area contributed by atoms with E-state index in [4.69, 9.17) is 0 Å². The number of nitrogens with zero attached hydrogens (tertiary/aromatic N) is 5. The molecule has 1 saturated heterocycles. The number of hydrogen-bond donors (Lipinski definition) is 2. The highest BCUT2D eigenvalue weighted by molar-refractivity contribution is 6.02. The second-order valence-corrected chi connectivity index (χ2v) is 6.70. The molecule has 0 radical (unpaired) electrons. The van der Waals surface area contributed by atoms with Gasteiger partial charge in [0, 0.05) is 43.9 Å². The van der Waals surface area contributed by atoms with Crippen LogP contribution in [0.15, 0.2) is 49.1 Å². The third kappa shape index (κ3) is 4.40. The van der Waals surface area contributed by atoms with Crippen molar-refractivity contribution in [1.82, 2.24) is 29.9 Å². The molecule has 1 amide bonds. The second-order valence-electron chi connectivity index (χ2n) is 6.70. The van der Waals surface area contributed by atoms with E-state index in [0.717, 1.165) is 38.9 Å². The molecule has 0 aliphatic carbocycles. The summed E-state index contributed by atoms with van der Waals surface area (Å²) in [5.41, 5.74) is 1.61.